The molecule has 0 N–H and O–H groups in total. The predicted octanol–water partition coefficient (Wildman–Crippen LogP) is 3.67. The number of hydrogen-bond donors (Lipinski definition) is 0. The number of nitro groups is 1. The summed E-state index contributed by atoms with van der Waals surface area (Å²) in [4.78, 5) is 14.6. The van der Waals surface area contributed by atoms with E-state index in [4.69, 9.17) is 4.74 Å². The lowest BCUT2D eigenvalue weighted by atomic mass is 10.2. The standard InChI is InChI=1S/C12H18N2O3S/c1-3-4-5-6-9-18-12-10(14(15)16)7-8-11(13-12)17-2/h7-8H,3-6,9H2,1-2H3. The Morgan fingerprint density at radius 3 is 2.78 bits per heavy atom. The highest BCUT2D eigenvalue weighted by molar-refractivity contribution is 7.99. The van der Waals surface area contributed by atoms with Gasteiger partial charge in [-0.3, -0.25) is 10.1 Å². The molecule has 0 saturated carbocycles. The Morgan fingerprint density at radius 1 is 1.39 bits per heavy atom. The van der Waals surface area contributed by atoms with Crippen molar-refractivity contribution in [2.45, 2.75) is 37.6 Å². The first-order valence-electron chi connectivity index (χ1n) is 6.01. The second-order valence-electron chi connectivity index (χ2n) is 3.84. The van der Waals surface area contributed by atoms with Crippen LogP contribution in [-0.4, -0.2) is 22.8 Å². The predicted molar refractivity (Wildman–Crippen MR) is 72.3 cm³/mol. The second kappa shape index (κ2) is 7.92. The van der Waals surface area contributed by atoms with E-state index in [-0.39, 0.29) is 5.69 Å². The highest BCUT2D eigenvalue weighted by atomic mass is 32.2. The highest BCUT2D eigenvalue weighted by Gasteiger charge is 2.16. The third kappa shape index (κ3) is 4.52. The average Bonchev–Trinajstić information content (AvgIpc) is 2.38. The van der Waals surface area contributed by atoms with Crippen molar-refractivity contribution in [3.05, 3.63) is 22.2 Å². The van der Waals surface area contributed by atoms with Gasteiger partial charge < -0.3 is 4.74 Å². The molecular weight excluding hydrogens is 252 g/mol. The molecule has 1 rings (SSSR count). The van der Waals surface area contributed by atoms with Gasteiger partial charge in [0.15, 0.2) is 5.03 Å². The summed E-state index contributed by atoms with van der Waals surface area (Å²) in [5, 5.41) is 11.3. The molecule has 5 nitrogen and oxygen atoms in total. The molecule has 0 unspecified atom stereocenters. The van der Waals surface area contributed by atoms with Gasteiger partial charge in [-0.2, -0.15) is 4.98 Å². The Labute approximate surface area is 111 Å². The number of thioether (sulfide) groups is 1. The Bertz CT molecular complexity index is 399. The summed E-state index contributed by atoms with van der Waals surface area (Å²) in [6.45, 7) is 2.15. The maximum Gasteiger partial charge on any atom is 0.301 e. The largest absolute Gasteiger partial charge is 0.481 e. The highest BCUT2D eigenvalue weighted by Crippen LogP contribution is 2.29. The number of aromatic nitrogens is 1. The van der Waals surface area contributed by atoms with Crippen LogP contribution in [0.2, 0.25) is 0 Å². The molecule has 0 aliphatic carbocycles. The number of pyridine rings is 1. The normalized spacial score (nSPS) is 10.3. The lowest BCUT2D eigenvalue weighted by Gasteiger charge is -2.04. The van der Waals surface area contributed by atoms with Gasteiger partial charge in [0.05, 0.1) is 12.0 Å². The molecule has 0 amide bonds. The van der Waals surface area contributed by atoms with Crippen LogP contribution >= 0.6 is 11.8 Å². The van der Waals surface area contributed by atoms with Gasteiger partial charge in [-0.1, -0.05) is 37.9 Å². The SMILES string of the molecule is CCCCCCSc1nc(OC)ccc1[N+](=O)[O-]. The van der Waals surface area contributed by atoms with E-state index >= 15 is 0 Å². The Balaban J connectivity index is 2.63. The van der Waals surface area contributed by atoms with Crippen LogP contribution in [0.4, 0.5) is 5.69 Å². The van der Waals surface area contributed by atoms with Crippen LogP contribution in [0, 0.1) is 10.1 Å². The molecule has 0 aromatic carbocycles. The average molecular weight is 270 g/mol. The Kier molecular flexibility index (Phi) is 6.49. The van der Waals surface area contributed by atoms with Gasteiger partial charge >= 0.3 is 5.69 Å². The fourth-order valence-electron chi connectivity index (χ4n) is 1.47. The van der Waals surface area contributed by atoms with E-state index in [0.29, 0.717) is 10.9 Å². The van der Waals surface area contributed by atoms with Crippen molar-refractivity contribution < 1.29 is 9.66 Å². The molecule has 0 aliphatic heterocycles. The van der Waals surface area contributed by atoms with E-state index in [9.17, 15) is 10.1 Å². The summed E-state index contributed by atoms with van der Waals surface area (Å²) in [6.07, 6.45) is 4.59. The molecule has 1 aromatic rings. The quantitative estimate of drug-likeness (QED) is 0.312. The summed E-state index contributed by atoms with van der Waals surface area (Å²) < 4.78 is 4.99. The van der Waals surface area contributed by atoms with E-state index in [1.807, 2.05) is 0 Å². The lowest BCUT2D eigenvalue weighted by Crippen LogP contribution is -1.96. The number of rotatable bonds is 8. The molecule has 6 heteroatoms. The molecule has 0 radical (unpaired) electrons. The van der Waals surface area contributed by atoms with Gasteiger partial charge in [0, 0.05) is 12.1 Å². The first-order valence-corrected chi connectivity index (χ1v) is 6.99. The zero-order valence-corrected chi connectivity index (χ0v) is 11.5. The summed E-state index contributed by atoms with van der Waals surface area (Å²) in [5.74, 6) is 1.26. The molecule has 1 aromatic heterocycles. The third-order valence-electron chi connectivity index (χ3n) is 2.46. The minimum absolute atomic E-state index is 0.0521. The van der Waals surface area contributed by atoms with Gasteiger partial charge in [-0.15, -0.1) is 0 Å². The molecule has 0 saturated heterocycles. The summed E-state index contributed by atoms with van der Waals surface area (Å²) in [6, 6.07) is 2.96. The molecule has 18 heavy (non-hydrogen) atoms. The number of unbranched alkanes of at least 4 members (excludes halogenated alkanes) is 3. The minimum atomic E-state index is -0.402. The fourth-order valence-corrected chi connectivity index (χ4v) is 2.46. The van der Waals surface area contributed by atoms with Crippen LogP contribution in [0.1, 0.15) is 32.6 Å². The minimum Gasteiger partial charge on any atom is -0.481 e. The Morgan fingerprint density at radius 2 is 2.17 bits per heavy atom. The molecule has 0 fully saturated rings. The number of nitrogens with zero attached hydrogens (tertiary/aromatic N) is 2. The number of hydrogen-bond acceptors (Lipinski definition) is 5. The van der Waals surface area contributed by atoms with Gasteiger partial charge in [0.25, 0.3) is 0 Å². The van der Waals surface area contributed by atoms with Gasteiger partial charge in [-0.25, -0.2) is 0 Å². The molecule has 100 valence electrons. The topological polar surface area (TPSA) is 65.3 Å². The summed E-state index contributed by atoms with van der Waals surface area (Å²) >= 11 is 1.42. The van der Waals surface area contributed by atoms with Crippen molar-refractivity contribution in [2.75, 3.05) is 12.9 Å². The van der Waals surface area contributed by atoms with Crippen molar-refractivity contribution in [3.8, 4) is 5.88 Å². The maximum atomic E-state index is 10.9. The van der Waals surface area contributed by atoms with Crippen molar-refractivity contribution in [3.63, 3.8) is 0 Å². The smallest absolute Gasteiger partial charge is 0.301 e. The second-order valence-corrected chi connectivity index (χ2v) is 4.93. The molecule has 0 bridgehead atoms. The van der Waals surface area contributed by atoms with Crippen LogP contribution in [0.5, 0.6) is 5.88 Å². The van der Waals surface area contributed by atoms with Gasteiger partial charge in [-0.05, 0) is 12.2 Å². The van der Waals surface area contributed by atoms with Crippen molar-refractivity contribution in [2.24, 2.45) is 0 Å². The molecule has 0 atom stereocenters. The first-order chi connectivity index (χ1) is 8.69. The van der Waals surface area contributed by atoms with Gasteiger partial charge in [0.2, 0.25) is 5.88 Å². The number of ether oxygens (including phenoxy) is 1. The molecule has 0 aliphatic rings. The van der Waals surface area contributed by atoms with Gasteiger partial charge in [0.1, 0.15) is 0 Å². The monoisotopic (exact) mass is 270 g/mol. The molecule has 0 spiro atoms. The van der Waals surface area contributed by atoms with Crippen LogP contribution in [0.25, 0.3) is 0 Å². The first kappa shape index (κ1) is 14.8. The zero-order valence-electron chi connectivity index (χ0n) is 10.7. The van der Waals surface area contributed by atoms with Crippen LogP contribution in [-0.2, 0) is 0 Å². The molecular formula is C12H18N2O3S. The Hall–Kier alpha value is -1.30. The molecule has 1 heterocycles. The van der Waals surface area contributed by atoms with Crippen molar-refractivity contribution in [1.82, 2.24) is 4.98 Å². The van der Waals surface area contributed by atoms with E-state index in [0.717, 1.165) is 18.6 Å². The van der Waals surface area contributed by atoms with Crippen LogP contribution in [0.3, 0.4) is 0 Å². The van der Waals surface area contributed by atoms with E-state index < -0.39 is 4.92 Å². The summed E-state index contributed by atoms with van der Waals surface area (Å²) in [5.41, 5.74) is 0.0521. The number of methoxy groups -OCH3 is 1. The van der Waals surface area contributed by atoms with E-state index in [1.165, 1.54) is 43.8 Å². The van der Waals surface area contributed by atoms with Crippen LogP contribution < -0.4 is 4.74 Å². The van der Waals surface area contributed by atoms with Crippen LogP contribution in [0.15, 0.2) is 17.2 Å². The maximum absolute atomic E-state index is 10.9. The third-order valence-corrected chi connectivity index (χ3v) is 3.52. The van der Waals surface area contributed by atoms with Crippen molar-refractivity contribution >= 4 is 17.4 Å². The summed E-state index contributed by atoms with van der Waals surface area (Å²) in [7, 11) is 1.50. The van der Waals surface area contributed by atoms with Crippen molar-refractivity contribution in [1.29, 1.82) is 0 Å². The van der Waals surface area contributed by atoms with E-state index in [2.05, 4.69) is 11.9 Å². The van der Waals surface area contributed by atoms with E-state index in [1.54, 1.807) is 0 Å². The lowest BCUT2D eigenvalue weighted by molar-refractivity contribution is -0.388. The fraction of sp³-hybridized carbons (Fsp3) is 0.583. The zero-order chi connectivity index (χ0) is 13.4.